The number of alkyl halides is 3. The number of hydrogen-bond donors (Lipinski definition) is 0. The lowest BCUT2D eigenvalue weighted by atomic mass is 9.96. The molecule has 26 heavy (non-hydrogen) atoms. The van der Waals surface area contributed by atoms with Crippen molar-refractivity contribution in [2.45, 2.75) is 38.0 Å². The molecule has 0 atom stereocenters. The van der Waals surface area contributed by atoms with Crippen LogP contribution in [0.4, 0.5) is 13.2 Å². The molecule has 1 aliphatic heterocycles. The first-order chi connectivity index (χ1) is 12.4. The van der Waals surface area contributed by atoms with Gasteiger partial charge in [-0.2, -0.15) is 13.2 Å². The average Bonchev–Trinajstić information content (AvgIpc) is 3.01. The SMILES string of the molecule is O=C(c1noc2c1CCCC2)N1CC(Oc2ncccc2C(F)(F)F)C1. The van der Waals surface area contributed by atoms with Crippen LogP contribution in [0.3, 0.4) is 0 Å². The maximum Gasteiger partial charge on any atom is 0.421 e. The Bertz CT molecular complexity index is 828. The van der Waals surface area contributed by atoms with Crippen molar-refractivity contribution in [3.63, 3.8) is 0 Å². The number of likely N-dealkylation sites (tertiary alicyclic amines) is 1. The summed E-state index contributed by atoms with van der Waals surface area (Å²) >= 11 is 0. The Balaban J connectivity index is 1.41. The molecule has 0 saturated carbocycles. The quantitative estimate of drug-likeness (QED) is 0.835. The highest BCUT2D eigenvalue weighted by molar-refractivity contribution is 5.94. The van der Waals surface area contributed by atoms with Gasteiger partial charge in [-0.05, 0) is 31.4 Å². The Kier molecular flexibility index (Phi) is 4.08. The van der Waals surface area contributed by atoms with E-state index in [9.17, 15) is 18.0 Å². The van der Waals surface area contributed by atoms with Crippen LogP contribution in [0, 0.1) is 0 Å². The molecule has 0 unspecified atom stereocenters. The van der Waals surface area contributed by atoms with Crippen molar-refractivity contribution in [1.82, 2.24) is 15.0 Å². The van der Waals surface area contributed by atoms with Crippen LogP contribution >= 0.6 is 0 Å². The van der Waals surface area contributed by atoms with E-state index in [0.29, 0.717) is 5.69 Å². The van der Waals surface area contributed by atoms with Crippen molar-refractivity contribution < 1.29 is 27.2 Å². The van der Waals surface area contributed by atoms with Gasteiger partial charge in [0.05, 0.1) is 13.1 Å². The van der Waals surface area contributed by atoms with Crippen LogP contribution in [0.2, 0.25) is 0 Å². The zero-order chi connectivity index (χ0) is 18.3. The van der Waals surface area contributed by atoms with Gasteiger partial charge in [-0.1, -0.05) is 5.16 Å². The molecule has 2 aliphatic rings. The molecule has 6 nitrogen and oxygen atoms in total. The lowest BCUT2D eigenvalue weighted by molar-refractivity contribution is -0.140. The van der Waals surface area contributed by atoms with Gasteiger partial charge in [-0.15, -0.1) is 0 Å². The monoisotopic (exact) mass is 367 g/mol. The third-order valence-electron chi connectivity index (χ3n) is 4.64. The van der Waals surface area contributed by atoms with Crippen molar-refractivity contribution in [2.75, 3.05) is 13.1 Å². The van der Waals surface area contributed by atoms with Crippen molar-refractivity contribution in [1.29, 1.82) is 0 Å². The fourth-order valence-electron chi connectivity index (χ4n) is 3.24. The van der Waals surface area contributed by atoms with Crippen LogP contribution in [0.5, 0.6) is 5.88 Å². The van der Waals surface area contributed by atoms with Crippen molar-refractivity contribution in [2.24, 2.45) is 0 Å². The normalized spacial score (nSPS) is 17.6. The lowest BCUT2D eigenvalue weighted by Gasteiger charge is -2.38. The maximum atomic E-state index is 13.0. The Labute approximate surface area is 146 Å². The second kappa shape index (κ2) is 6.30. The molecule has 1 aliphatic carbocycles. The van der Waals surface area contributed by atoms with E-state index in [-0.39, 0.29) is 19.0 Å². The third-order valence-corrected chi connectivity index (χ3v) is 4.64. The highest BCUT2D eigenvalue weighted by Crippen LogP contribution is 2.35. The zero-order valence-corrected chi connectivity index (χ0v) is 13.8. The van der Waals surface area contributed by atoms with Gasteiger partial charge in [-0.3, -0.25) is 4.79 Å². The van der Waals surface area contributed by atoms with Crippen LogP contribution in [0.1, 0.15) is 40.2 Å². The van der Waals surface area contributed by atoms with Gasteiger partial charge in [-0.25, -0.2) is 4.98 Å². The molecule has 9 heteroatoms. The second-order valence-corrected chi connectivity index (χ2v) is 6.44. The van der Waals surface area contributed by atoms with Gasteiger partial charge in [0.2, 0.25) is 5.88 Å². The predicted octanol–water partition coefficient (Wildman–Crippen LogP) is 2.87. The van der Waals surface area contributed by atoms with E-state index >= 15 is 0 Å². The summed E-state index contributed by atoms with van der Waals surface area (Å²) in [4.78, 5) is 17.7. The molecular formula is C17H16F3N3O3. The number of hydrogen-bond acceptors (Lipinski definition) is 5. The zero-order valence-electron chi connectivity index (χ0n) is 13.8. The van der Waals surface area contributed by atoms with Crippen LogP contribution in [-0.2, 0) is 19.0 Å². The first kappa shape index (κ1) is 16.9. The number of aromatic nitrogens is 2. The van der Waals surface area contributed by atoms with Crippen LogP contribution in [-0.4, -0.2) is 40.1 Å². The Morgan fingerprint density at radius 3 is 2.81 bits per heavy atom. The van der Waals surface area contributed by atoms with Gasteiger partial charge < -0.3 is 14.2 Å². The van der Waals surface area contributed by atoms with Crippen LogP contribution < -0.4 is 4.74 Å². The fraction of sp³-hybridized carbons (Fsp3) is 0.471. The number of fused-ring (bicyclic) bond motifs is 1. The number of ether oxygens (including phenoxy) is 1. The van der Waals surface area contributed by atoms with Crippen molar-refractivity contribution in [3.05, 3.63) is 40.9 Å². The first-order valence-corrected chi connectivity index (χ1v) is 8.39. The van der Waals surface area contributed by atoms with E-state index in [1.54, 1.807) is 0 Å². The number of carbonyl (C=O) groups excluding carboxylic acids is 1. The fourth-order valence-corrected chi connectivity index (χ4v) is 3.24. The summed E-state index contributed by atoms with van der Waals surface area (Å²) < 4.78 is 49.5. The number of rotatable bonds is 3. The first-order valence-electron chi connectivity index (χ1n) is 8.39. The molecule has 138 valence electrons. The Hall–Kier alpha value is -2.58. The molecule has 2 aromatic rings. The second-order valence-electron chi connectivity index (χ2n) is 6.44. The molecule has 4 rings (SSSR count). The van der Waals surface area contributed by atoms with E-state index in [2.05, 4.69) is 10.1 Å². The average molecular weight is 367 g/mol. The summed E-state index contributed by atoms with van der Waals surface area (Å²) in [6.07, 6.45) is -0.284. The minimum Gasteiger partial charge on any atom is -0.470 e. The van der Waals surface area contributed by atoms with E-state index in [1.165, 1.54) is 17.2 Å². The third kappa shape index (κ3) is 3.02. The van der Waals surface area contributed by atoms with Gasteiger partial charge in [0, 0.05) is 18.2 Å². The highest BCUT2D eigenvalue weighted by atomic mass is 19.4. The van der Waals surface area contributed by atoms with E-state index in [4.69, 9.17) is 9.26 Å². The van der Waals surface area contributed by atoms with Gasteiger partial charge in [0.1, 0.15) is 17.4 Å². The number of pyridine rings is 1. The summed E-state index contributed by atoms with van der Waals surface area (Å²) in [5.41, 5.74) is 0.247. The lowest BCUT2D eigenvalue weighted by Crippen LogP contribution is -2.56. The smallest absolute Gasteiger partial charge is 0.421 e. The molecule has 0 bridgehead atoms. The van der Waals surface area contributed by atoms with Gasteiger partial charge in [0.15, 0.2) is 5.69 Å². The minimum atomic E-state index is -4.54. The van der Waals surface area contributed by atoms with Crippen LogP contribution in [0.15, 0.2) is 22.9 Å². The van der Waals surface area contributed by atoms with Gasteiger partial charge in [0.25, 0.3) is 5.91 Å². The number of carbonyl (C=O) groups is 1. The van der Waals surface area contributed by atoms with Crippen molar-refractivity contribution in [3.8, 4) is 5.88 Å². The molecule has 0 aromatic carbocycles. The molecule has 3 heterocycles. The van der Waals surface area contributed by atoms with Crippen molar-refractivity contribution >= 4 is 5.91 Å². The number of nitrogens with zero attached hydrogens (tertiary/aromatic N) is 3. The number of aryl methyl sites for hydroxylation is 1. The van der Waals surface area contributed by atoms with E-state index < -0.39 is 23.7 Å². The minimum absolute atomic E-state index is 0.189. The Morgan fingerprint density at radius 1 is 1.27 bits per heavy atom. The summed E-state index contributed by atoms with van der Waals surface area (Å²) in [6.45, 7) is 0.378. The van der Waals surface area contributed by atoms with Gasteiger partial charge >= 0.3 is 6.18 Å². The molecule has 0 radical (unpaired) electrons. The predicted molar refractivity (Wildman–Crippen MR) is 82.7 cm³/mol. The Morgan fingerprint density at radius 2 is 2.04 bits per heavy atom. The molecule has 2 aromatic heterocycles. The molecule has 0 spiro atoms. The number of halogens is 3. The summed E-state index contributed by atoms with van der Waals surface area (Å²) in [5, 5.41) is 3.89. The summed E-state index contributed by atoms with van der Waals surface area (Å²) in [5.74, 6) is 0.0287. The molecule has 1 saturated heterocycles. The van der Waals surface area contributed by atoms with Crippen LogP contribution in [0.25, 0.3) is 0 Å². The molecular weight excluding hydrogens is 351 g/mol. The topological polar surface area (TPSA) is 68.5 Å². The standard InChI is InChI=1S/C17H16F3N3O3/c18-17(19,20)12-5-3-7-21-15(12)25-10-8-23(9-10)16(24)14-11-4-1-2-6-13(11)26-22-14/h3,5,7,10H,1-2,4,6,8-9H2. The summed E-state index contributed by atoms with van der Waals surface area (Å²) in [7, 11) is 0. The molecule has 1 amide bonds. The largest absolute Gasteiger partial charge is 0.470 e. The molecule has 1 fully saturated rings. The summed E-state index contributed by atoms with van der Waals surface area (Å²) in [6, 6.07) is 2.13. The maximum absolute atomic E-state index is 13.0. The highest BCUT2D eigenvalue weighted by Gasteiger charge is 2.39. The van der Waals surface area contributed by atoms with E-state index in [1.807, 2.05) is 0 Å². The number of amides is 1. The molecule has 0 N–H and O–H groups in total. The van der Waals surface area contributed by atoms with E-state index in [0.717, 1.165) is 43.1 Å².